The highest BCUT2D eigenvalue weighted by molar-refractivity contribution is 5.81. The first-order valence-corrected chi connectivity index (χ1v) is 13.4. The summed E-state index contributed by atoms with van der Waals surface area (Å²) in [6.45, 7) is 7.89. The summed E-state index contributed by atoms with van der Waals surface area (Å²) in [4.78, 5) is 3.49. The minimum absolute atomic E-state index is 0.216. The molecule has 0 unspecified atom stereocenters. The number of para-hydroxylation sites is 1. The number of hydrogen-bond donors (Lipinski definition) is 3. The van der Waals surface area contributed by atoms with Crippen molar-refractivity contribution in [3.8, 4) is 22.9 Å². The van der Waals surface area contributed by atoms with Gasteiger partial charge < -0.3 is 24.7 Å². The number of nitrogens with zero attached hydrogens (tertiary/aromatic N) is 3. The fourth-order valence-corrected chi connectivity index (χ4v) is 5.91. The van der Waals surface area contributed by atoms with Crippen LogP contribution >= 0.6 is 0 Å². The summed E-state index contributed by atoms with van der Waals surface area (Å²) in [5.41, 5.74) is 3.81. The van der Waals surface area contributed by atoms with Crippen LogP contribution < -0.4 is 10.1 Å². The number of aromatic hydroxyl groups is 1. The molecule has 0 saturated heterocycles. The predicted octanol–water partition coefficient (Wildman–Crippen LogP) is 5.77. The van der Waals surface area contributed by atoms with Crippen LogP contribution in [0.4, 0.5) is 0 Å². The monoisotopic (exact) mass is 501 g/mol. The maximum Gasteiger partial charge on any atom is 0.254 e. The van der Waals surface area contributed by atoms with Crippen LogP contribution in [-0.4, -0.2) is 44.6 Å². The minimum atomic E-state index is 0.216. The van der Waals surface area contributed by atoms with E-state index in [1.807, 2.05) is 30.3 Å². The highest BCUT2D eigenvalue weighted by Gasteiger charge is 2.55. The fraction of sp³-hybridized carbons (Fsp3) is 0.483. The van der Waals surface area contributed by atoms with Gasteiger partial charge in [-0.2, -0.15) is 0 Å². The number of nitrogens with one attached hydrogen (secondary N) is 2. The smallest absolute Gasteiger partial charge is 0.254 e. The largest absolute Gasteiger partial charge is 0.507 e. The number of aromatic amines is 1. The Morgan fingerprint density at radius 2 is 2.00 bits per heavy atom. The molecule has 4 aromatic rings. The number of rotatable bonds is 9. The first-order chi connectivity index (χ1) is 17.9. The standard InChI is InChI=1S/C29H35N5O3/c1-17(2)18(3)25-14-27(34-37-25)36-11-10-30-26-8-9-29(26)15-20(16-29)22-12-19-13-23(32-33-28(19)31-22)21-6-4-5-7-24(21)35/h4-7,12-14,17-18,20,26,30,35H,8-11,15-16H2,1-3H3,(H,31,33)/t18-,20-,26-,29+/m1/s1. The number of ether oxygens (including phenoxy) is 1. The second kappa shape index (κ2) is 9.49. The van der Waals surface area contributed by atoms with Crippen molar-refractivity contribution < 1.29 is 14.4 Å². The van der Waals surface area contributed by atoms with E-state index in [1.165, 1.54) is 31.4 Å². The Morgan fingerprint density at radius 1 is 1.16 bits per heavy atom. The van der Waals surface area contributed by atoms with Gasteiger partial charge in [0.25, 0.3) is 5.88 Å². The SMILES string of the molecule is CC(C)[C@@H](C)c1cc(OCCN[C@@H]2CC[C@]23C[C@H](c2cc4cc(-c5ccccc5O)nnc4[nH]2)C3)no1. The summed E-state index contributed by atoms with van der Waals surface area (Å²) in [5.74, 6) is 3.01. The average molecular weight is 502 g/mol. The molecule has 0 radical (unpaired) electrons. The van der Waals surface area contributed by atoms with Crippen LogP contribution in [0, 0.1) is 11.3 Å². The molecule has 1 aromatic carbocycles. The summed E-state index contributed by atoms with van der Waals surface area (Å²) < 4.78 is 11.3. The van der Waals surface area contributed by atoms with E-state index in [-0.39, 0.29) is 5.75 Å². The molecule has 2 aliphatic carbocycles. The molecule has 2 saturated carbocycles. The third-order valence-electron chi connectivity index (χ3n) is 8.69. The molecule has 194 valence electrons. The van der Waals surface area contributed by atoms with Crippen molar-refractivity contribution in [3.63, 3.8) is 0 Å². The lowest BCUT2D eigenvalue weighted by atomic mass is 9.48. The van der Waals surface area contributed by atoms with Gasteiger partial charge in [-0.25, -0.2) is 0 Å². The zero-order valence-electron chi connectivity index (χ0n) is 21.7. The zero-order chi connectivity index (χ0) is 25.6. The molecular formula is C29H35N5O3. The van der Waals surface area contributed by atoms with Gasteiger partial charge in [-0.3, -0.25) is 0 Å². The summed E-state index contributed by atoms with van der Waals surface area (Å²) in [6.07, 6.45) is 4.85. The van der Waals surface area contributed by atoms with E-state index in [1.54, 1.807) is 6.07 Å². The Kier molecular flexibility index (Phi) is 6.15. The average Bonchev–Trinajstić information content (AvgIpc) is 3.49. The molecule has 8 heteroatoms. The summed E-state index contributed by atoms with van der Waals surface area (Å²) >= 11 is 0. The van der Waals surface area contributed by atoms with Crippen molar-refractivity contribution in [2.45, 2.75) is 64.3 Å². The predicted molar refractivity (Wildman–Crippen MR) is 142 cm³/mol. The lowest BCUT2D eigenvalue weighted by molar-refractivity contribution is -0.0369. The molecule has 2 atom stereocenters. The summed E-state index contributed by atoms with van der Waals surface area (Å²) in [5, 5.41) is 27.7. The van der Waals surface area contributed by atoms with Crippen molar-refractivity contribution in [2.75, 3.05) is 13.2 Å². The van der Waals surface area contributed by atoms with Gasteiger partial charge >= 0.3 is 0 Å². The number of fused-ring (bicyclic) bond motifs is 1. The topological polar surface area (TPSA) is 109 Å². The third kappa shape index (κ3) is 4.48. The molecule has 37 heavy (non-hydrogen) atoms. The van der Waals surface area contributed by atoms with E-state index in [0.717, 1.165) is 23.3 Å². The third-order valence-corrected chi connectivity index (χ3v) is 8.69. The maximum absolute atomic E-state index is 10.2. The van der Waals surface area contributed by atoms with Crippen molar-refractivity contribution in [1.29, 1.82) is 0 Å². The lowest BCUT2D eigenvalue weighted by Gasteiger charge is -2.59. The van der Waals surface area contributed by atoms with Gasteiger partial charge in [0.1, 0.15) is 18.1 Å². The lowest BCUT2D eigenvalue weighted by Crippen LogP contribution is -2.59. The molecule has 6 rings (SSSR count). The molecule has 0 bridgehead atoms. The van der Waals surface area contributed by atoms with Crippen LogP contribution in [-0.2, 0) is 0 Å². The van der Waals surface area contributed by atoms with E-state index in [2.05, 4.69) is 52.5 Å². The number of hydrogen-bond acceptors (Lipinski definition) is 7. The van der Waals surface area contributed by atoms with Crippen molar-refractivity contribution >= 4 is 11.0 Å². The van der Waals surface area contributed by atoms with Gasteiger partial charge in [0.2, 0.25) is 0 Å². The number of aromatic nitrogens is 4. The van der Waals surface area contributed by atoms with E-state index in [4.69, 9.17) is 9.26 Å². The fourth-order valence-electron chi connectivity index (χ4n) is 5.91. The normalized spacial score (nSPS) is 23.8. The van der Waals surface area contributed by atoms with Crippen molar-refractivity contribution in [3.05, 3.63) is 53.9 Å². The van der Waals surface area contributed by atoms with Crippen molar-refractivity contribution in [1.82, 2.24) is 25.7 Å². The quantitative estimate of drug-likeness (QED) is 0.250. The zero-order valence-corrected chi connectivity index (χ0v) is 21.7. The molecular weight excluding hydrogens is 466 g/mol. The van der Waals surface area contributed by atoms with Crippen LogP contribution in [0.3, 0.4) is 0 Å². The highest BCUT2D eigenvalue weighted by atomic mass is 16.5. The van der Waals surface area contributed by atoms with E-state index in [0.29, 0.717) is 53.0 Å². The molecule has 0 amide bonds. The molecule has 3 aromatic heterocycles. The van der Waals surface area contributed by atoms with E-state index in [9.17, 15) is 5.11 Å². The van der Waals surface area contributed by atoms with Gasteiger partial charge in [-0.15, -0.1) is 10.2 Å². The summed E-state index contributed by atoms with van der Waals surface area (Å²) in [6, 6.07) is 13.9. The van der Waals surface area contributed by atoms with Crippen molar-refractivity contribution in [2.24, 2.45) is 11.3 Å². The highest BCUT2D eigenvalue weighted by Crippen LogP contribution is 2.61. The Balaban J connectivity index is 1.01. The van der Waals surface area contributed by atoms with E-state index >= 15 is 0 Å². The van der Waals surface area contributed by atoms with Gasteiger partial charge in [0.05, 0.1) is 5.69 Å². The van der Waals surface area contributed by atoms with Crippen LogP contribution in [0.1, 0.15) is 69.7 Å². The Labute approximate surface area is 216 Å². The maximum atomic E-state index is 10.2. The van der Waals surface area contributed by atoms with Crippen LogP contribution in [0.2, 0.25) is 0 Å². The molecule has 0 aliphatic heterocycles. The summed E-state index contributed by atoms with van der Waals surface area (Å²) in [7, 11) is 0. The van der Waals surface area contributed by atoms with Gasteiger partial charge in [-0.05, 0) is 66.4 Å². The number of H-pyrrole nitrogens is 1. The van der Waals surface area contributed by atoms with Crippen LogP contribution in [0.25, 0.3) is 22.3 Å². The van der Waals surface area contributed by atoms with Gasteiger partial charge in [0.15, 0.2) is 5.65 Å². The Bertz CT molecular complexity index is 1390. The van der Waals surface area contributed by atoms with Crippen LogP contribution in [0.5, 0.6) is 11.6 Å². The number of benzene rings is 1. The molecule has 2 aliphatic rings. The Hall–Kier alpha value is -3.39. The first kappa shape index (κ1) is 24.0. The van der Waals surface area contributed by atoms with Gasteiger partial charge in [0, 0.05) is 47.1 Å². The number of phenolic OH excluding ortho intramolecular Hbond substituents is 1. The van der Waals surface area contributed by atoms with Gasteiger partial charge in [-0.1, -0.05) is 32.9 Å². The molecule has 8 nitrogen and oxygen atoms in total. The second-order valence-electron chi connectivity index (χ2n) is 11.2. The van der Waals surface area contributed by atoms with Crippen LogP contribution in [0.15, 0.2) is 47.0 Å². The number of phenols is 1. The molecule has 2 fully saturated rings. The molecule has 3 N–H and O–H groups in total. The molecule has 3 heterocycles. The minimum Gasteiger partial charge on any atom is -0.507 e. The van der Waals surface area contributed by atoms with E-state index < -0.39 is 0 Å². The first-order valence-electron chi connectivity index (χ1n) is 13.4. The Morgan fingerprint density at radius 3 is 2.76 bits per heavy atom. The second-order valence-corrected chi connectivity index (χ2v) is 11.2. The molecule has 1 spiro atoms.